The number of hydrogen-bond acceptors (Lipinski definition) is 2. The molecule has 2 nitrogen and oxygen atoms in total. The molecule has 0 aliphatic carbocycles. The summed E-state index contributed by atoms with van der Waals surface area (Å²) < 4.78 is 0. The largest absolute Gasteiger partial charge is 2.00 e. The van der Waals surface area contributed by atoms with Gasteiger partial charge in [-0.1, -0.05) is 25.7 Å². The smallest absolute Gasteiger partial charge is 0.493 e. The summed E-state index contributed by atoms with van der Waals surface area (Å²) >= 11 is 0. The Bertz CT molecular complexity index is 258. The minimum absolute atomic E-state index is 0. The van der Waals surface area contributed by atoms with Crippen molar-refractivity contribution in [3.05, 3.63) is 24.0 Å². The molecule has 0 saturated heterocycles. The average Bonchev–Trinajstić information content (AvgIpc) is 2.03. The summed E-state index contributed by atoms with van der Waals surface area (Å²) in [5, 5.41) is 0. The van der Waals surface area contributed by atoms with E-state index in [9.17, 15) is 0 Å². The van der Waals surface area contributed by atoms with Crippen LogP contribution in [-0.4, -0.2) is 11.2 Å². The number of nitrogens with zero attached hydrogens (tertiary/aromatic N) is 2. The van der Waals surface area contributed by atoms with Crippen LogP contribution in [-0.2, 0) is 21.1 Å². The Morgan fingerprint density at radius 1 is 1.67 bits per heavy atom. The average molecular weight is 330 g/mol. The predicted octanol–water partition coefficient (Wildman–Crippen LogP) is 2.18. The maximum Gasteiger partial charge on any atom is 2.00 e. The summed E-state index contributed by atoms with van der Waals surface area (Å²) in [5.74, 6) is 0. The molecule has 0 spiro atoms. The van der Waals surface area contributed by atoms with Crippen molar-refractivity contribution in [3.8, 4) is 0 Å². The standard InChI is InChI=1S/C9H10N2.W/c1-3-5-11-9-4-6-10-7-8(9)2;/h6-7H,3H2,1-2H3;/q-2;+2. The molecular weight excluding hydrogens is 320 g/mol. The summed E-state index contributed by atoms with van der Waals surface area (Å²) in [6.07, 6.45) is 7.09. The van der Waals surface area contributed by atoms with E-state index in [-0.39, 0.29) is 21.1 Å². The zero-order valence-electron chi connectivity index (χ0n) is 7.16. The maximum absolute atomic E-state index is 4.08. The van der Waals surface area contributed by atoms with Gasteiger partial charge < -0.3 is 16.0 Å². The third-order valence-electron chi connectivity index (χ3n) is 1.27. The van der Waals surface area contributed by atoms with Crippen LogP contribution in [0.3, 0.4) is 0 Å². The molecule has 3 heteroatoms. The van der Waals surface area contributed by atoms with Gasteiger partial charge in [0, 0.05) is 0 Å². The number of aromatic nitrogens is 1. The van der Waals surface area contributed by atoms with Crippen molar-refractivity contribution in [2.75, 3.05) is 0 Å². The minimum Gasteiger partial charge on any atom is -0.493 e. The van der Waals surface area contributed by atoms with Crippen molar-refractivity contribution in [3.63, 3.8) is 0 Å². The van der Waals surface area contributed by atoms with Crippen LogP contribution in [0, 0.1) is 13.0 Å². The van der Waals surface area contributed by atoms with E-state index in [2.05, 4.69) is 22.3 Å². The van der Waals surface area contributed by atoms with E-state index in [0.29, 0.717) is 0 Å². The first-order valence-electron chi connectivity index (χ1n) is 3.60. The van der Waals surface area contributed by atoms with E-state index in [0.717, 1.165) is 17.7 Å². The Labute approximate surface area is 87.4 Å². The predicted molar refractivity (Wildman–Crippen MR) is 45.2 cm³/mol. The van der Waals surface area contributed by atoms with E-state index < -0.39 is 0 Å². The molecular formula is C9H10N2W. The van der Waals surface area contributed by atoms with Gasteiger partial charge in [0.1, 0.15) is 0 Å². The summed E-state index contributed by atoms with van der Waals surface area (Å²) in [6, 6.07) is 2.93. The quantitative estimate of drug-likeness (QED) is 0.603. The van der Waals surface area contributed by atoms with E-state index in [1.54, 1.807) is 12.4 Å². The van der Waals surface area contributed by atoms with E-state index in [4.69, 9.17) is 0 Å². The van der Waals surface area contributed by atoms with Gasteiger partial charge >= 0.3 is 21.1 Å². The zero-order chi connectivity index (χ0) is 8.10. The van der Waals surface area contributed by atoms with E-state index >= 15 is 0 Å². The van der Waals surface area contributed by atoms with Gasteiger partial charge in [-0.3, -0.25) is 5.69 Å². The van der Waals surface area contributed by atoms with Gasteiger partial charge in [0.2, 0.25) is 0 Å². The van der Waals surface area contributed by atoms with E-state index in [1.807, 2.05) is 13.8 Å². The normalized spacial score (nSPS) is 9.83. The van der Waals surface area contributed by atoms with Crippen LogP contribution >= 0.6 is 0 Å². The molecule has 0 bridgehead atoms. The first kappa shape index (κ1) is 11.5. The number of aryl methyl sites for hydroxylation is 1. The third-order valence-corrected chi connectivity index (χ3v) is 1.27. The molecule has 12 heavy (non-hydrogen) atoms. The second-order valence-electron chi connectivity index (χ2n) is 2.21. The molecule has 0 aliphatic heterocycles. The molecule has 0 aliphatic rings. The summed E-state index contributed by atoms with van der Waals surface area (Å²) in [5.41, 5.74) is 1.87. The van der Waals surface area contributed by atoms with E-state index in [1.165, 1.54) is 0 Å². The summed E-state index contributed by atoms with van der Waals surface area (Å²) in [6.45, 7) is 3.96. The minimum atomic E-state index is 0. The van der Waals surface area contributed by atoms with Crippen molar-refractivity contribution in [2.24, 2.45) is 4.99 Å². The number of rotatable bonds is 2. The molecule has 1 rings (SSSR count). The van der Waals surface area contributed by atoms with Crippen molar-refractivity contribution in [1.29, 1.82) is 0 Å². The summed E-state index contributed by atoms with van der Waals surface area (Å²) in [7, 11) is 0. The van der Waals surface area contributed by atoms with Gasteiger partial charge in [-0.25, -0.2) is 5.56 Å². The molecule has 0 unspecified atom stereocenters. The van der Waals surface area contributed by atoms with Gasteiger partial charge in [0.15, 0.2) is 0 Å². The van der Waals surface area contributed by atoms with Gasteiger partial charge in [-0.2, -0.15) is 6.21 Å². The molecule has 0 amide bonds. The van der Waals surface area contributed by atoms with Gasteiger partial charge in [-0.05, 0) is 0 Å². The van der Waals surface area contributed by atoms with Gasteiger partial charge in [-0.15, -0.1) is 6.92 Å². The van der Waals surface area contributed by atoms with Crippen LogP contribution in [0.4, 0.5) is 5.69 Å². The number of aliphatic imine (C=N–C) groups is 1. The fourth-order valence-electron chi connectivity index (χ4n) is 0.701. The molecule has 1 aromatic rings. The van der Waals surface area contributed by atoms with Crippen LogP contribution in [0.1, 0.15) is 18.9 Å². The zero-order valence-corrected chi connectivity index (χ0v) is 10.1. The van der Waals surface area contributed by atoms with Crippen LogP contribution in [0.25, 0.3) is 0 Å². The van der Waals surface area contributed by atoms with Crippen LogP contribution in [0.15, 0.2) is 17.4 Å². The maximum atomic E-state index is 4.08. The Hall–Kier alpha value is -0.492. The van der Waals surface area contributed by atoms with Crippen molar-refractivity contribution in [2.45, 2.75) is 20.3 Å². The molecule has 0 radical (unpaired) electrons. The summed E-state index contributed by atoms with van der Waals surface area (Å²) in [4.78, 5) is 7.99. The fourth-order valence-corrected chi connectivity index (χ4v) is 0.701. The number of pyridine rings is 1. The van der Waals surface area contributed by atoms with Crippen molar-refractivity contribution in [1.82, 2.24) is 4.98 Å². The monoisotopic (exact) mass is 330 g/mol. The Morgan fingerprint density at radius 3 is 3.00 bits per heavy atom. The molecule has 0 fully saturated rings. The molecule has 1 heterocycles. The number of hydrogen-bond donors (Lipinski definition) is 0. The second kappa shape index (κ2) is 6.07. The second-order valence-corrected chi connectivity index (χ2v) is 2.21. The molecule has 0 aromatic carbocycles. The van der Waals surface area contributed by atoms with Crippen LogP contribution in [0.5, 0.6) is 0 Å². The Balaban J connectivity index is 0.00000121. The first-order valence-corrected chi connectivity index (χ1v) is 3.60. The molecule has 0 N–H and O–H groups in total. The van der Waals surface area contributed by atoms with Crippen LogP contribution in [0.2, 0.25) is 0 Å². The first-order chi connectivity index (χ1) is 5.34. The SMILES string of the molecule is CC[C-]=Nc1[c-]cncc1C.[W+2]. The molecule has 62 valence electrons. The Kier molecular flexibility index (Phi) is 5.82. The Morgan fingerprint density at radius 2 is 2.42 bits per heavy atom. The molecule has 0 atom stereocenters. The molecule has 0 saturated carbocycles. The fraction of sp³-hybridized carbons (Fsp3) is 0.333. The van der Waals surface area contributed by atoms with Gasteiger partial charge in [0.25, 0.3) is 0 Å². The van der Waals surface area contributed by atoms with Crippen molar-refractivity contribution < 1.29 is 21.1 Å². The third kappa shape index (κ3) is 3.27. The van der Waals surface area contributed by atoms with Gasteiger partial charge in [0.05, 0.1) is 0 Å². The topological polar surface area (TPSA) is 25.2 Å². The van der Waals surface area contributed by atoms with Crippen molar-refractivity contribution >= 4 is 11.9 Å². The molecule has 1 aromatic heterocycles. The van der Waals surface area contributed by atoms with Crippen LogP contribution < -0.4 is 0 Å².